The van der Waals surface area contributed by atoms with Gasteiger partial charge in [0.15, 0.2) is 0 Å². The maximum absolute atomic E-state index is 14.5. The SMILES string of the molecule is O=C1CC[C@@H](N2Cc3c(OCc4cc(CN5CCOCC5)ccc4F)cccc3C2=O)C(=O)N1. The number of ether oxygens (including phenoxy) is 2. The molecule has 0 saturated carbocycles. The van der Waals surface area contributed by atoms with E-state index in [1.807, 2.05) is 6.07 Å². The molecule has 0 aromatic heterocycles. The minimum Gasteiger partial charge on any atom is -0.488 e. The van der Waals surface area contributed by atoms with Crippen molar-refractivity contribution in [3.05, 3.63) is 64.5 Å². The highest BCUT2D eigenvalue weighted by atomic mass is 19.1. The Balaban J connectivity index is 1.29. The summed E-state index contributed by atoms with van der Waals surface area (Å²) in [6, 6.07) is 9.51. The first-order chi connectivity index (χ1) is 16.5. The molecule has 1 atom stereocenters. The van der Waals surface area contributed by atoms with Crippen molar-refractivity contribution in [1.29, 1.82) is 0 Å². The van der Waals surface area contributed by atoms with Gasteiger partial charge in [0.05, 0.1) is 19.8 Å². The minimum atomic E-state index is -0.695. The van der Waals surface area contributed by atoms with Crippen LogP contribution in [0.2, 0.25) is 0 Å². The van der Waals surface area contributed by atoms with E-state index in [4.69, 9.17) is 9.47 Å². The molecule has 0 radical (unpaired) electrons. The van der Waals surface area contributed by atoms with Gasteiger partial charge in [0, 0.05) is 42.7 Å². The average molecular weight is 467 g/mol. The molecule has 5 rings (SSSR count). The predicted octanol–water partition coefficient (Wildman–Crippen LogP) is 2.00. The van der Waals surface area contributed by atoms with Crippen molar-refractivity contribution in [2.24, 2.45) is 0 Å². The van der Waals surface area contributed by atoms with Gasteiger partial charge in [-0.1, -0.05) is 12.1 Å². The third kappa shape index (κ3) is 4.53. The molecule has 2 aromatic rings. The number of fused-ring (bicyclic) bond motifs is 1. The number of carbonyl (C=O) groups is 3. The molecule has 3 aliphatic heterocycles. The summed E-state index contributed by atoms with van der Waals surface area (Å²) in [6.45, 7) is 4.03. The molecule has 34 heavy (non-hydrogen) atoms. The van der Waals surface area contributed by atoms with Gasteiger partial charge in [-0.05, 0) is 36.2 Å². The normalized spacial score (nSPS) is 20.9. The Labute approximate surface area is 196 Å². The smallest absolute Gasteiger partial charge is 0.255 e. The Morgan fingerprint density at radius 3 is 2.74 bits per heavy atom. The molecule has 8 nitrogen and oxygen atoms in total. The molecule has 2 fully saturated rings. The van der Waals surface area contributed by atoms with Crippen LogP contribution >= 0.6 is 0 Å². The summed E-state index contributed by atoms with van der Waals surface area (Å²) in [7, 11) is 0. The van der Waals surface area contributed by atoms with E-state index in [0.29, 0.717) is 48.6 Å². The Kier molecular flexibility index (Phi) is 6.30. The van der Waals surface area contributed by atoms with Crippen LogP contribution in [0.1, 0.15) is 39.9 Å². The second-order valence-corrected chi connectivity index (χ2v) is 8.79. The maximum Gasteiger partial charge on any atom is 0.255 e. The van der Waals surface area contributed by atoms with Crippen LogP contribution in [0.4, 0.5) is 4.39 Å². The molecule has 2 aromatic carbocycles. The van der Waals surface area contributed by atoms with Gasteiger partial charge in [-0.3, -0.25) is 24.6 Å². The Morgan fingerprint density at radius 1 is 1.12 bits per heavy atom. The third-order valence-electron chi connectivity index (χ3n) is 6.54. The fourth-order valence-corrected chi connectivity index (χ4v) is 4.70. The number of amides is 3. The van der Waals surface area contributed by atoms with E-state index in [9.17, 15) is 18.8 Å². The molecule has 0 aliphatic carbocycles. The number of halogens is 1. The molecule has 178 valence electrons. The van der Waals surface area contributed by atoms with Gasteiger partial charge in [-0.15, -0.1) is 0 Å². The van der Waals surface area contributed by atoms with Gasteiger partial charge in [0.2, 0.25) is 11.8 Å². The van der Waals surface area contributed by atoms with Crippen LogP contribution in [-0.2, 0) is 34.0 Å². The standard InChI is InChI=1S/C25H26FN3O5/c26-20-5-4-16(13-28-8-10-33-11-9-28)12-17(20)15-34-22-3-1-2-18-19(22)14-29(25(18)32)21-6-7-23(30)27-24(21)31/h1-5,12,21H,6-11,13-15H2,(H,27,30,31)/t21-/m1/s1. The highest BCUT2D eigenvalue weighted by Crippen LogP contribution is 2.34. The molecule has 0 unspecified atom stereocenters. The molecule has 2 saturated heterocycles. The number of imide groups is 1. The lowest BCUT2D eigenvalue weighted by atomic mass is 10.0. The van der Waals surface area contributed by atoms with Gasteiger partial charge in [0.25, 0.3) is 5.91 Å². The third-order valence-corrected chi connectivity index (χ3v) is 6.54. The van der Waals surface area contributed by atoms with E-state index >= 15 is 0 Å². The molecule has 9 heteroatoms. The Morgan fingerprint density at radius 2 is 1.94 bits per heavy atom. The number of hydrogen-bond donors (Lipinski definition) is 1. The average Bonchev–Trinajstić information content (AvgIpc) is 3.17. The first-order valence-electron chi connectivity index (χ1n) is 11.5. The number of morpholine rings is 1. The summed E-state index contributed by atoms with van der Waals surface area (Å²) in [4.78, 5) is 40.5. The number of carbonyl (C=O) groups excluding carboxylic acids is 3. The highest BCUT2D eigenvalue weighted by molar-refractivity contribution is 6.05. The lowest BCUT2D eigenvalue weighted by Gasteiger charge is -2.29. The summed E-state index contributed by atoms with van der Waals surface area (Å²) >= 11 is 0. The van der Waals surface area contributed by atoms with Crippen molar-refractivity contribution in [3.63, 3.8) is 0 Å². The van der Waals surface area contributed by atoms with Crippen LogP contribution in [0.25, 0.3) is 0 Å². The monoisotopic (exact) mass is 467 g/mol. The fourth-order valence-electron chi connectivity index (χ4n) is 4.70. The van der Waals surface area contributed by atoms with Crippen LogP contribution in [-0.4, -0.2) is 59.9 Å². The summed E-state index contributed by atoms with van der Waals surface area (Å²) in [5.41, 5.74) is 2.57. The zero-order valence-corrected chi connectivity index (χ0v) is 18.7. The Bertz CT molecular complexity index is 1130. The van der Waals surface area contributed by atoms with Crippen LogP contribution in [0.3, 0.4) is 0 Å². The minimum absolute atomic E-state index is 0.0197. The highest BCUT2D eigenvalue weighted by Gasteiger charge is 2.40. The van der Waals surface area contributed by atoms with E-state index < -0.39 is 11.9 Å². The van der Waals surface area contributed by atoms with Gasteiger partial charge in [-0.2, -0.15) is 0 Å². The van der Waals surface area contributed by atoms with Crippen LogP contribution in [0.5, 0.6) is 5.75 Å². The zero-order chi connectivity index (χ0) is 23.7. The summed E-state index contributed by atoms with van der Waals surface area (Å²) in [5.74, 6) is -0.918. The molecule has 3 heterocycles. The van der Waals surface area contributed by atoms with Crippen molar-refractivity contribution >= 4 is 17.7 Å². The largest absolute Gasteiger partial charge is 0.488 e. The number of hydrogen-bond acceptors (Lipinski definition) is 6. The van der Waals surface area contributed by atoms with Crippen molar-refractivity contribution in [2.45, 2.75) is 38.6 Å². The van der Waals surface area contributed by atoms with Gasteiger partial charge in [0.1, 0.15) is 24.2 Å². The van der Waals surface area contributed by atoms with Gasteiger partial charge >= 0.3 is 0 Å². The van der Waals surface area contributed by atoms with E-state index in [0.717, 1.165) is 18.7 Å². The predicted molar refractivity (Wildman–Crippen MR) is 119 cm³/mol. The molecule has 1 N–H and O–H groups in total. The van der Waals surface area contributed by atoms with Crippen molar-refractivity contribution < 1.29 is 28.2 Å². The number of rotatable bonds is 6. The van der Waals surface area contributed by atoms with Crippen molar-refractivity contribution in [3.8, 4) is 5.75 Å². The van der Waals surface area contributed by atoms with E-state index in [1.165, 1.54) is 11.0 Å². The quantitative estimate of drug-likeness (QED) is 0.654. The second-order valence-electron chi connectivity index (χ2n) is 8.79. The van der Waals surface area contributed by atoms with Crippen LogP contribution in [0, 0.1) is 5.82 Å². The molecule has 0 bridgehead atoms. The number of benzene rings is 2. The summed E-state index contributed by atoms with van der Waals surface area (Å²) < 4.78 is 25.9. The first kappa shape index (κ1) is 22.5. The Hall–Kier alpha value is -3.30. The first-order valence-corrected chi connectivity index (χ1v) is 11.5. The number of piperidine rings is 1. The maximum atomic E-state index is 14.5. The van der Waals surface area contributed by atoms with Crippen LogP contribution < -0.4 is 10.1 Å². The number of nitrogens with one attached hydrogen (secondary N) is 1. The zero-order valence-electron chi connectivity index (χ0n) is 18.7. The molecular weight excluding hydrogens is 441 g/mol. The molecule has 0 spiro atoms. The topological polar surface area (TPSA) is 88.2 Å². The molecule has 3 amide bonds. The van der Waals surface area contributed by atoms with Crippen molar-refractivity contribution in [1.82, 2.24) is 15.1 Å². The van der Waals surface area contributed by atoms with Crippen LogP contribution in [0.15, 0.2) is 36.4 Å². The lowest BCUT2D eigenvalue weighted by Crippen LogP contribution is -2.52. The summed E-state index contributed by atoms with van der Waals surface area (Å²) in [6.07, 6.45) is 0.488. The molecular formula is C25H26FN3O5. The van der Waals surface area contributed by atoms with Crippen molar-refractivity contribution in [2.75, 3.05) is 26.3 Å². The fraction of sp³-hybridized carbons (Fsp3) is 0.400. The summed E-state index contributed by atoms with van der Waals surface area (Å²) in [5, 5.41) is 2.30. The second kappa shape index (κ2) is 9.52. The molecule has 3 aliphatic rings. The van der Waals surface area contributed by atoms with E-state index in [2.05, 4.69) is 10.2 Å². The lowest BCUT2D eigenvalue weighted by molar-refractivity contribution is -0.136. The number of nitrogens with zero attached hydrogens (tertiary/aromatic N) is 2. The van der Waals surface area contributed by atoms with Gasteiger partial charge < -0.3 is 14.4 Å². The van der Waals surface area contributed by atoms with E-state index in [-0.39, 0.29) is 37.2 Å². The van der Waals surface area contributed by atoms with Gasteiger partial charge in [-0.25, -0.2) is 4.39 Å². The van der Waals surface area contributed by atoms with E-state index in [1.54, 1.807) is 24.3 Å².